The number of nitrogens with one attached hydrogen (secondary N) is 2. The van der Waals surface area contributed by atoms with Crippen LogP contribution in [0, 0.1) is 5.92 Å². The molecule has 29 heavy (non-hydrogen) atoms. The molecule has 2 aromatic rings. The van der Waals surface area contributed by atoms with Crippen LogP contribution in [0.2, 0.25) is 0 Å². The first kappa shape index (κ1) is 20.6. The summed E-state index contributed by atoms with van der Waals surface area (Å²) < 4.78 is 0. The van der Waals surface area contributed by atoms with E-state index in [4.69, 9.17) is 0 Å². The molecule has 0 aliphatic carbocycles. The molecule has 1 fully saturated rings. The molecule has 0 unspecified atom stereocenters. The van der Waals surface area contributed by atoms with E-state index in [1.807, 2.05) is 48.5 Å². The summed E-state index contributed by atoms with van der Waals surface area (Å²) in [5.74, 6) is -0.414. The standard InChI is InChI=1S/C23H27N3O3/c1-16(2)14-19(17-10-6-4-7-11-17)24-20(27)15-26-21(28)23(3,25-22(26)29)18-12-8-5-9-13-18/h4-13,16,19H,14-15H2,1-3H3,(H,24,27)(H,25,29)/t19-,23-/m0/s1. The van der Waals surface area contributed by atoms with Crippen molar-refractivity contribution in [2.24, 2.45) is 5.92 Å². The van der Waals surface area contributed by atoms with Gasteiger partial charge in [0.2, 0.25) is 5.91 Å². The van der Waals surface area contributed by atoms with Crippen LogP contribution in [0.4, 0.5) is 4.79 Å². The summed E-state index contributed by atoms with van der Waals surface area (Å²) in [6.45, 7) is 5.52. The number of imide groups is 1. The summed E-state index contributed by atoms with van der Waals surface area (Å²) in [7, 11) is 0. The van der Waals surface area contributed by atoms with Gasteiger partial charge in [0.15, 0.2) is 0 Å². The molecule has 1 aliphatic rings. The Morgan fingerprint density at radius 3 is 2.21 bits per heavy atom. The van der Waals surface area contributed by atoms with Gasteiger partial charge < -0.3 is 10.6 Å². The Morgan fingerprint density at radius 2 is 1.62 bits per heavy atom. The number of hydrogen-bond donors (Lipinski definition) is 2. The summed E-state index contributed by atoms with van der Waals surface area (Å²) in [6.07, 6.45) is 0.762. The molecule has 1 saturated heterocycles. The van der Waals surface area contributed by atoms with E-state index in [0.29, 0.717) is 11.5 Å². The van der Waals surface area contributed by atoms with E-state index in [1.54, 1.807) is 19.1 Å². The van der Waals surface area contributed by atoms with E-state index in [2.05, 4.69) is 24.5 Å². The zero-order chi connectivity index (χ0) is 21.0. The van der Waals surface area contributed by atoms with Crippen molar-refractivity contribution in [1.82, 2.24) is 15.5 Å². The number of benzene rings is 2. The maximum Gasteiger partial charge on any atom is 0.325 e. The van der Waals surface area contributed by atoms with Gasteiger partial charge in [0.1, 0.15) is 12.1 Å². The number of rotatable bonds is 7. The van der Waals surface area contributed by atoms with Crippen LogP contribution in [-0.2, 0) is 15.1 Å². The predicted molar refractivity (Wildman–Crippen MR) is 111 cm³/mol. The molecule has 2 atom stereocenters. The molecule has 1 aliphatic heterocycles. The van der Waals surface area contributed by atoms with Gasteiger partial charge in [-0.25, -0.2) is 4.79 Å². The molecule has 0 spiro atoms. The van der Waals surface area contributed by atoms with E-state index < -0.39 is 17.5 Å². The molecular weight excluding hydrogens is 366 g/mol. The third-order valence-electron chi connectivity index (χ3n) is 5.17. The van der Waals surface area contributed by atoms with Gasteiger partial charge in [-0.2, -0.15) is 0 Å². The lowest BCUT2D eigenvalue weighted by Crippen LogP contribution is -2.44. The van der Waals surface area contributed by atoms with Crippen molar-refractivity contribution in [2.45, 2.75) is 38.8 Å². The number of carbonyl (C=O) groups is 3. The molecule has 0 aromatic heterocycles. The highest BCUT2D eigenvalue weighted by molar-refractivity contribution is 6.09. The monoisotopic (exact) mass is 393 g/mol. The molecule has 4 amide bonds. The first-order chi connectivity index (χ1) is 13.8. The number of urea groups is 1. The average molecular weight is 393 g/mol. The van der Waals surface area contributed by atoms with E-state index >= 15 is 0 Å². The minimum Gasteiger partial charge on any atom is -0.348 e. The fourth-order valence-electron chi connectivity index (χ4n) is 3.63. The fraction of sp³-hybridized carbons (Fsp3) is 0.348. The highest BCUT2D eigenvalue weighted by Crippen LogP contribution is 2.28. The van der Waals surface area contributed by atoms with Crippen molar-refractivity contribution in [3.63, 3.8) is 0 Å². The van der Waals surface area contributed by atoms with Gasteiger partial charge in [0.25, 0.3) is 5.91 Å². The molecule has 2 N–H and O–H groups in total. The first-order valence-corrected chi connectivity index (χ1v) is 9.85. The molecular formula is C23H27N3O3. The Balaban J connectivity index is 1.72. The predicted octanol–water partition coefficient (Wildman–Crippen LogP) is 3.36. The lowest BCUT2D eigenvalue weighted by atomic mass is 9.92. The zero-order valence-corrected chi connectivity index (χ0v) is 17.0. The third-order valence-corrected chi connectivity index (χ3v) is 5.17. The average Bonchev–Trinajstić information content (AvgIpc) is 2.92. The quantitative estimate of drug-likeness (QED) is 0.708. The summed E-state index contributed by atoms with van der Waals surface area (Å²) in [6, 6.07) is 18.0. The molecule has 6 nitrogen and oxygen atoms in total. The molecule has 0 bridgehead atoms. The maximum absolute atomic E-state index is 13.0. The third kappa shape index (κ3) is 4.47. The van der Waals surface area contributed by atoms with Crippen LogP contribution in [0.1, 0.15) is 44.4 Å². The van der Waals surface area contributed by atoms with Crippen LogP contribution >= 0.6 is 0 Å². The van der Waals surface area contributed by atoms with Gasteiger partial charge in [-0.05, 0) is 30.4 Å². The second-order valence-corrected chi connectivity index (χ2v) is 7.97. The fourth-order valence-corrected chi connectivity index (χ4v) is 3.63. The number of hydrogen-bond acceptors (Lipinski definition) is 3. The zero-order valence-electron chi connectivity index (χ0n) is 17.0. The minimum absolute atomic E-state index is 0.176. The highest BCUT2D eigenvalue weighted by atomic mass is 16.2. The lowest BCUT2D eigenvalue weighted by Gasteiger charge is -2.23. The number of amides is 4. The molecule has 3 rings (SSSR count). The lowest BCUT2D eigenvalue weighted by molar-refractivity contribution is -0.135. The van der Waals surface area contributed by atoms with Gasteiger partial charge >= 0.3 is 6.03 Å². The van der Waals surface area contributed by atoms with Crippen LogP contribution < -0.4 is 10.6 Å². The van der Waals surface area contributed by atoms with Crippen molar-refractivity contribution in [1.29, 1.82) is 0 Å². The smallest absolute Gasteiger partial charge is 0.325 e. The van der Waals surface area contributed by atoms with Crippen molar-refractivity contribution in [3.05, 3.63) is 71.8 Å². The second-order valence-electron chi connectivity index (χ2n) is 7.97. The topological polar surface area (TPSA) is 78.5 Å². The van der Waals surface area contributed by atoms with Crippen molar-refractivity contribution >= 4 is 17.8 Å². The number of carbonyl (C=O) groups excluding carboxylic acids is 3. The molecule has 6 heteroatoms. The summed E-state index contributed by atoms with van der Waals surface area (Å²) in [4.78, 5) is 39.1. The van der Waals surface area contributed by atoms with Crippen molar-refractivity contribution < 1.29 is 14.4 Å². The van der Waals surface area contributed by atoms with Crippen molar-refractivity contribution in [3.8, 4) is 0 Å². The summed E-state index contributed by atoms with van der Waals surface area (Å²) in [5, 5.41) is 5.71. The van der Waals surface area contributed by atoms with Gasteiger partial charge in [-0.15, -0.1) is 0 Å². The van der Waals surface area contributed by atoms with Crippen LogP contribution in [-0.4, -0.2) is 29.3 Å². The van der Waals surface area contributed by atoms with Crippen LogP contribution in [0.5, 0.6) is 0 Å². The van der Waals surface area contributed by atoms with E-state index in [9.17, 15) is 14.4 Å². The Morgan fingerprint density at radius 1 is 1.03 bits per heavy atom. The summed E-state index contributed by atoms with van der Waals surface area (Å²) in [5.41, 5.74) is 0.513. The van der Waals surface area contributed by atoms with Crippen LogP contribution in [0.3, 0.4) is 0 Å². The molecule has 0 saturated carbocycles. The normalized spacial score (nSPS) is 19.9. The maximum atomic E-state index is 13.0. The van der Waals surface area contributed by atoms with E-state index in [1.165, 1.54) is 0 Å². The Kier molecular flexibility index (Phi) is 6.01. The van der Waals surface area contributed by atoms with Crippen LogP contribution in [0.25, 0.3) is 0 Å². The molecule has 0 radical (unpaired) electrons. The largest absolute Gasteiger partial charge is 0.348 e. The van der Waals surface area contributed by atoms with E-state index in [0.717, 1.165) is 16.9 Å². The minimum atomic E-state index is -1.17. The van der Waals surface area contributed by atoms with Gasteiger partial charge in [0.05, 0.1) is 6.04 Å². The molecule has 1 heterocycles. The van der Waals surface area contributed by atoms with Crippen molar-refractivity contribution in [2.75, 3.05) is 6.54 Å². The Bertz CT molecular complexity index is 883. The number of nitrogens with zero attached hydrogens (tertiary/aromatic N) is 1. The molecule has 152 valence electrons. The molecule has 2 aromatic carbocycles. The van der Waals surface area contributed by atoms with Crippen LogP contribution in [0.15, 0.2) is 60.7 Å². The Hall–Kier alpha value is -3.15. The Labute approximate surface area is 171 Å². The summed E-state index contributed by atoms with van der Waals surface area (Å²) >= 11 is 0. The first-order valence-electron chi connectivity index (χ1n) is 9.85. The van der Waals surface area contributed by atoms with Gasteiger partial charge in [-0.1, -0.05) is 74.5 Å². The van der Waals surface area contributed by atoms with E-state index in [-0.39, 0.29) is 18.5 Å². The van der Waals surface area contributed by atoms with Gasteiger partial charge in [-0.3, -0.25) is 14.5 Å². The SMILES string of the molecule is CC(C)C[C@H](NC(=O)CN1C(=O)N[C@@](C)(c2ccccc2)C1=O)c1ccccc1. The van der Waals surface area contributed by atoms with Gasteiger partial charge in [0, 0.05) is 0 Å². The highest BCUT2D eigenvalue weighted by Gasteiger charge is 2.49. The second kappa shape index (κ2) is 8.47.